The van der Waals surface area contributed by atoms with E-state index in [2.05, 4.69) is 162 Å². The van der Waals surface area contributed by atoms with Crippen LogP contribution in [0, 0.1) is 0 Å². The highest BCUT2D eigenvalue weighted by molar-refractivity contribution is 6.17. The molecule has 0 atom stereocenters. The first kappa shape index (κ1) is 26.0. The normalized spacial score (nSPS) is 11.8. The molecular formula is C44H27NO2. The van der Waals surface area contributed by atoms with Gasteiger partial charge in [-0.15, -0.1) is 0 Å². The van der Waals surface area contributed by atoms with Crippen LogP contribution >= 0.6 is 0 Å². The molecule has 0 N–H and O–H groups in total. The van der Waals surface area contributed by atoms with Crippen LogP contribution in [-0.2, 0) is 0 Å². The molecular weight excluding hydrogens is 574 g/mol. The maximum Gasteiger partial charge on any atom is 0.161 e. The average Bonchev–Trinajstić information content (AvgIpc) is 3.81. The Morgan fingerprint density at radius 3 is 1.66 bits per heavy atom. The van der Waals surface area contributed by atoms with Crippen LogP contribution in [0.4, 0.5) is 0 Å². The van der Waals surface area contributed by atoms with E-state index in [1.165, 1.54) is 0 Å². The van der Waals surface area contributed by atoms with Crippen molar-refractivity contribution >= 4 is 54.9 Å². The third-order valence-corrected chi connectivity index (χ3v) is 9.43. The molecule has 3 nitrogen and oxygen atoms in total. The predicted molar refractivity (Wildman–Crippen MR) is 194 cm³/mol. The standard InChI is InChI=1S/C44H27NO2/c1-3-11-29(12-4-1)33-16-9-18-35-36-19-10-17-34(43(36)47-42(33)35)30-23-21-28(22-24-30)31-25-26-40-38(27-31)41-44(46-40)37-15-7-8-20-39(37)45(41)32-13-5-2-6-14-32/h1-27H. The van der Waals surface area contributed by atoms with Gasteiger partial charge in [0.25, 0.3) is 0 Å². The fourth-order valence-corrected chi connectivity index (χ4v) is 7.23. The summed E-state index contributed by atoms with van der Waals surface area (Å²) in [6.45, 7) is 0. The molecule has 0 saturated heterocycles. The van der Waals surface area contributed by atoms with Gasteiger partial charge in [0.05, 0.1) is 5.52 Å². The monoisotopic (exact) mass is 601 g/mol. The van der Waals surface area contributed by atoms with Gasteiger partial charge in [-0.1, -0.05) is 127 Å². The number of aromatic nitrogens is 1. The molecule has 220 valence electrons. The Morgan fingerprint density at radius 1 is 0.362 bits per heavy atom. The molecule has 0 spiro atoms. The highest BCUT2D eigenvalue weighted by atomic mass is 16.3. The summed E-state index contributed by atoms with van der Waals surface area (Å²) < 4.78 is 15.5. The van der Waals surface area contributed by atoms with Crippen LogP contribution in [-0.4, -0.2) is 4.57 Å². The molecule has 0 aliphatic rings. The second-order valence-electron chi connectivity index (χ2n) is 12.1. The second-order valence-corrected chi connectivity index (χ2v) is 12.1. The number of para-hydroxylation sites is 4. The summed E-state index contributed by atoms with van der Waals surface area (Å²) in [6, 6.07) is 57.6. The Kier molecular flexibility index (Phi) is 5.57. The molecule has 7 aromatic carbocycles. The lowest BCUT2D eigenvalue weighted by Gasteiger charge is -2.08. The van der Waals surface area contributed by atoms with Gasteiger partial charge in [0.15, 0.2) is 5.58 Å². The van der Waals surface area contributed by atoms with Gasteiger partial charge in [-0.05, 0) is 58.7 Å². The summed E-state index contributed by atoms with van der Waals surface area (Å²) in [5, 5.41) is 4.47. The summed E-state index contributed by atoms with van der Waals surface area (Å²) in [5.41, 5.74) is 13.7. The van der Waals surface area contributed by atoms with Crippen LogP contribution in [0.5, 0.6) is 0 Å². The summed E-state index contributed by atoms with van der Waals surface area (Å²) in [7, 11) is 0. The highest BCUT2D eigenvalue weighted by Gasteiger charge is 2.20. The number of rotatable bonds is 4. The largest absolute Gasteiger partial charge is 0.455 e. The van der Waals surface area contributed by atoms with Crippen LogP contribution in [0.15, 0.2) is 173 Å². The van der Waals surface area contributed by atoms with E-state index >= 15 is 0 Å². The van der Waals surface area contributed by atoms with Crippen LogP contribution in [0.2, 0.25) is 0 Å². The van der Waals surface area contributed by atoms with Gasteiger partial charge in [-0.25, -0.2) is 0 Å². The Balaban J connectivity index is 1.09. The number of benzene rings is 7. The maximum absolute atomic E-state index is 6.68. The Bertz CT molecular complexity index is 2760. The van der Waals surface area contributed by atoms with E-state index < -0.39 is 0 Å². The van der Waals surface area contributed by atoms with Crippen molar-refractivity contribution in [2.45, 2.75) is 0 Å². The quantitative estimate of drug-likeness (QED) is 0.201. The summed E-state index contributed by atoms with van der Waals surface area (Å²) >= 11 is 0. The van der Waals surface area contributed by atoms with Gasteiger partial charge in [-0.2, -0.15) is 0 Å². The van der Waals surface area contributed by atoms with E-state index in [1.54, 1.807) is 0 Å². The number of hydrogen-bond donors (Lipinski definition) is 0. The predicted octanol–water partition coefficient (Wildman–Crippen LogP) is 12.4. The molecule has 10 rings (SSSR count). The minimum Gasteiger partial charge on any atom is -0.455 e. The lowest BCUT2D eigenvalue weighted by Crippen LogP contribution is -1.92. The third-order valence-electron chi connectivity index (χ3n) is 9.43. The molecule has 3 aromatic heterocycles. The fraction of sp³-hybridized carbons (Fsp3) is 0. The molecule has 3 heterocycles. The highest BCUT2D eigenvalue weighted by Crippen LogP contribution is 2.42. The van der Waals surface area contributed by atoms with E-state index in [-0.39, 0.29) is 0 Å². The van der Waals surface area contributed by atoms with Crippen molar-refractivity contribution in [1.29, 1.82) is 0 Å². The smallest absolute Gasteiger partial charge is 0.161 e. The van der Waals surface area contributed by atoms with Crippen molar-refractivity contribution < 1.29 is 8.83 Å². The lowest BCUT2D eigenvalue weighted by molar-refractivity contribution is 0.671. The fourth-order valence-electron chi connectivity index (χ4n) is 7.23. The zero-order chi connectivity index (χ0) is 30.9. The van der Waals surface area contributed by atoms with Crippen molar-refractivity contribution in [3.05, 3.63) is 164 Å². The lowest BCUT2D eigenvalue weighted by atomic mass is 9.98. The van der Waals surface area contributed by atoms with Crippen LogP contribution in [0.25, 0.3) is 94.0 Å². The first-order chi connectivity index (χ1) is 23.3. The summed E-state index contributed by atoms with van der Waals surface area (Å²) in [6.07, 6.45) is 0. The van der Waals surface area contributed by atoms with E-state index in [4.69, 9.17) is 8.83 Å². The Labute approximate surface area is 270 Å². The molecule has 10 aromatic rings. The molecule has 0 unspecified atom stereocenters. The van der Waals surface area contributed by atoms with Crippen molar-refractivity contribution in [2.24, 2.45) is 0 Å². The molecule has 0 bridgehead atoms. The molecule has 0 saturated carbocycles. The third kappa shape index (κ3) is 3.93. The topological polar surface area (TPSA) is 31.2 Å². The Morgan fingerprint density at radius 2 is 0.936 bits per heavy atom. The SMILES string of the molecule is c1ccc(-c2cccc3c2oc2c(-c4ccc(-c5ccc6oc7c8ccccc8n(-c8ccccc8)c7c6c5)cc4)cccc23)cc1. The van der Waals surface area contributed by atoms with E-state index in [9.17, 15) is 0 Å². The van der Waals surface area contributed by atoms with Gasteiger partial charge in [0.2, 0.25) is 0 Å². The van der Waals surface area contributed by atoms with Gasteiger partial charge in [0, 0.05) is 38.4 Å². The molecule has 47 heavy (non-hydrogen) atoms. The van der Waals surface area contributed by atoms with Crippen molar-refractivity contribution in [3.8, 4) is 39.1 Å². The molecule has 3 heteroatoms. The summed E-state index contributed by atoms with van der Waals surface area (Å²) in [4.78, 5) is 0. The van der Waals surface area contributed by atoms with Crippen LogP contribution in [0.3, 0.4) is 0 Å². The minimum absolute atomic E-state index is 0.886. The average molecular weight is 602 g/mol. The molecule has 0 fully saturated rings. The van der Waals surface area contributed by atoms with Crippen molar-refractivity contribution in [1.82, 2.24) is 4.57 Å². The first-order valence-electron chi connectivity index (χ1n) is 15.9. The Hall–Kier alpha value is -6.32. The second kappa shape index (κ2) is 10.1. The zero-order valence-corrected chi connectivity index (χ0v) is 25.4. The molecule has 0 aliphatic carbocycles. The van der Waals surface area contributed by atoms with Gasteiger partial charge in [0.1, 0.15) is 22.3 Å². The number of hydrogen-bond acceptors (Lipinski definition) is 2. The molecule has 0 amide bonds. The summed E-state index contributed by atoms with van der Waals surface area (Å²) in [5.74, 6) is 0. The van der Waals surface area contributed by atoms with Gasteiger partial charge in [-0.3, -0.25) is 0 Å². The van der Waals surface area contributed by atoms with Gasteiger partial charge >= 0.3 is 0 Å². The van der Waals surface area contributed by atoms with Crippen LogP contribution < -0.4 is 0 Å². The van der Waals surface area contributed by atoms with E-state index in [0.29, 0.717) is 0 Å². The first-order valence-corrected chi connectivity index (χ1v) is 15.9. The van der Waals surface area contributed by atoms with E-state index in [0.717, 1.165) is 94.0 Å². The zero-order valence-electron chi connectivity index (χ0n) is 25.4. The molecule has 0 radical (unpaired) electrons. The number of fused-ring (bicyclic) bond motifs is 8. The van der Waals surface area contributed by atoms with Gasteiger partial charge < -0.3 is 13.4 Å². The number of furan rings is 2. The van der Waals surface area contributed by atoms with Crippen molar-refractivity contribution in [2.75, 3.05) is 0 Å². The maximum atomic E-state index is 6.68. The number of nitrogens with zero attached hydrogens (tertiary/aromatic N) is 1. The minimum atomic E-state index is 0.886. The van der Waals surface area contributed by atoms with Crippen molar-refractivity contribution in [3.63, 3.8) is 0 Å². The molecule has 0 aliphatic heterocycles. The van der Waals surface area contributed by atoms with Crippen LogP contribution in [0.1, 0.15) is 0 Å². The van der Waals surface area contributed by atoms with E-state index in [1.807, 2.05) is 6.07 Å².